The number of carbonyl (C=O) groups is 2. The minimum Gasteiger partial charge on any atom is -0.496 e. The number of methoxy groups -OCH3 is 2. The Morgan fingerprint density at radius 3 is 2.66 bits per heavy atom. The maximum absolute atomic E-state index is 14.3. The number of ether oxygens (including phenoxy) is 2. The maximum Gasteiger partial charge on any atom is 0.414 e. The minimum atomic E-state index is -1.33. The van der Waals surface area contributed by atoms with Crippen LogP contribution in [0.3, 0.4) is 0 Å². The molecule has 4 atom stereocenters. The number of imidazole rings is 1. The van der Waals surface area contributed by atoms with Crippen molar-refractivity contribution < 1.29 is 33.7 Å². The van der Waals surface area contributed by atoms with Gasteiger partial charge in [0.05, 0.1) is 36.9 Å². The SMILES string of the molecule is COC(=O)N1c2ccc3c(nc([C@H](O)c4cc(F)ccc4OC)n3[C@H]3CCC[C@H](C(=O)O)C3)c2CC[C@H]1C. The lowest BCUT2D eigenvalue weighted by Gasteiger charge is -2.34. The number of aromatic nitrogens is 2. The van der Waals surface area contributed by atoms with Crippen molar-refractivity contribution >= 4 is 28.8 Å². The van der Waals surface area contributed by atoms with E-state index in [1.807, 2.05) is 23.6 Å². The summed E-state index contributed by atoms with van der Waals surface area (Å²) < 4.78 is 26.6. The number of nitrogens with zero attached hydrogens (tertiary/aromatic N) is 3. The lowest BCUT2D eigenvalue weighted by molar-refractivity contribution is -0.143. The Hall–Kier alpha value is -3.66. The summed E-state index contributed by atoms with van der Waals surface area (Å²) in [7, 11) is 2.79. The van der Waals surface area contributed by atoms with Crippen LogP contribution in [0.4, 0.5) is 14.9 Å². The molecule has 0 saturated heterocycles. The molecule has 0 bridgehead atoms. The van der Waals surface area contributed by atoms with E-state index < -0.39 is 29.9 Å². The van der Waals surface area contributed by atoms with E-state index in [2.05, 4.69) is 0 Å². The van der Waals surface area contributed by atoms with Crippen molar-refractivity contribution in [1.82, 2.24) is 9.55 Å². The van der Waals surface area contributed by atoms with Crippen molar-refractivity contribution in [2.45, 2.75) is 63.6 Å². The smallest absolute Gasteiger partial charge is 0.414 e. The summed E-state index contributed by atoms with van der Waals surface area (Å²) in [6.45, 7) is 1.96. The molecule has 3 aromatic rings. The van der Waals surface area contributed by atoms with E-state index in [4.69, 9.17) is 14.5 Å². The standard InChI is InChI=1S/C28H32FN3O6/c1-15-7-9-19-21(31(15)28(36)38-3)10-11-22-24(19)30-26(25(33)20-14-17(29)8-12-23(20)37-2)32(22)18-6-4-5-16(13-18)27(34)35/h8,10-12,14-16,18,25,33H,4-7,9,13H2,1-3H3,(H,34,35)/t15-,16+,18+,25-/m1/s1. The number of aryl methyl sites for hydroxylation is 1. The molecule has 0 radical (unpaired) electrons. The van der Waals surface area contributed by atoms with Gasteiger partial charge >= 0.3 is 12.1 Å². The number of carbonyl (C=O) groups excluding carboxylic acids is 1. The van der Waals surface area contributed by atoms with Gasteiger partial charge in [0.2, 0.25) is 0 Å². The number of aliphatic hydroxyl groups is 1. The van der Waals surface area contributed by atoms with E-state index in [1.54, 1.807) is 4.90 Å². The van der Waals surface area contributed by atoms with Gasteiger partial charge < -0.3 is 24.3 Å². The molecule has 1 aliphatic carbocycles. The molecule has 0 unspecified atom stereocenters. The van der Waals surface area contributed by atoms with Crippen LogP contribution in [0, 0.1) is 11.7 Å². The van der Waals surface area contributed by atoms with Crippen LogP contribution in [0.15, 0.2) is 30.3 Å². The lowest BCUT2D eigenvalue weighted by Crippen LogP contribution is -2.42. The maximum atomic E-state index is 14.3. The van der Waals surface area contributed by atoms with E-state index in [0.29, 0.717) is 42.6 Å². The molecule has 2 heterocycles. The molecule has 2 aromatic carbocycles. The number of hydrogen-bond acceptors (Lipinski definition) is 6. The van der Waals surface area contributed by atoms with Crippen molar-refractivity contribution in [3.8, 4) is 5.75 Å². The fraction of sp³-hybridized carbons (Fsp3) is 0.464. The summed E-state index contributed by atoms with van der Waals surface area (Å²) in [6.07, 6.45) is 2.01. The summed E-state index contributed by atoms with van der Waals surface area (Å²) in [5.74, 6) is -1.26. The molecule has 1 aromatic heterocycles. The monoisotopic (exact) mass is 525 g/mol. The summed E-state index contributed by atoms with van der Waals surface area (Å²) in [4.78, 5) is 31.0. The van der Waals surface area contributed by atoms with E-state index >= 15 is 0 Å². The number of rotatable bonds is 5. The predicted octanol–water partition coefficient (Wildman–Crippen LogP) is 4.99. The summed E-state index contributed by atoms with van der Waals surface area (Å²) in [6, 6.07) is 7.37. The summed E-state index contributed by atoms with van der Waals surface area (Å²) in [5, 5.41) is 21.3. The average Bonchev–Trinajstić information content (AvgIpc) is 3.32. The second-order valence-corrected chi connectivity index (χ2v) is 10.1. The molecule has 2 N–H and O–H groups in total. The van der Waals surface area contributed by atoms with Crippen LogP contribution < -0.4 is 9.64 Å². The fourth-order valence-electron chi connectivity index (χ4n) is 6.05. The van der Waals surface area contributed by atoms with Gasteiger partial charge in [-0.2, -0.15) is 0 Å². The normalized spacial score (nSPS) is 22.1. The third-order valence-corrected chi connectivity index (χ3v) is 7.94. The Kier molecular flexibility index (Phi) is 7.00. The molecule has 202 valence electrons. The molecule has 5 rings (SSSR count). The number of aliphatic carboxylic acids is 1. The highest BCUT2D eigenvalue weighted by Crippen LogP contribution is 2.43. The first-order chi connectivity index (χ1) is 18.2. The first-order valence-corrected chi connectivity index (χ1v) is 12.9. The molecule has 0 spiro atoms. The van der Waals surface area contributed by atoms with Crippen molar-refractivity contribution in [2.75, 3.05) is 19.1 Å². The minimum absolute atomic E-state index is 0.0641. The summed E-state index contributed by atoms with van der Waals surface area (Å²) >= 11 is 0. The van der Waals surface area contributed by atoms with Crippen LogP contribution in [-0.2, 0) is 16.0 Å². The number of fused-ring (bicyclic) bond motifs is 3. The van der Waals surface area contributed by atoms with Gasteiger partial charge in [0.1, 0.15) is 23.5 Å². The van der Waals surface area contributed by atoms with Crippen molar-refractivity contribution in [1.29, 1.82) is 0 Å². The Balaban J connectivity index is 1.72. The van der Waals surface area contributed by atoms with Gasteiger partial charge in [-0.3, -0.25) is 9.69 Å². The zero-order chi connectivity index (χ0) is 27.1. The molecule has 1 amide bonds. The molecule has 1 saturated carbocycles. The van der Waals surface area contributed by atoms with Gasteiger partial charge in [-0.05, 0) is 69.4 Å². The molecular weight excluding hydrogens is 493 g/mol. The highest BCUT2D eigenvalue weighted by atomic mass is 19.1. The van der Waals surface area contributed by atoms with Gasteiger partial charge in [-0.15, -0.1) is 0 Å². The molecule has 10 heteroatoms. The third-order valence-electron chi connectivity index (χ3n) is 7.94. The Morgan fingerprint density at radius 1 is 1.16 bits per heavy atom. The molecular formula is C28H32FN3O6. The number of halogens is 1. The first kappa shape index (κ1) is 26.0. The largest absolute Gasteiger partial charge is 0.496 e. The second-order valence-electron chi connectivity index (χ2n) is 10.1. The zero-order valence-electron chi connectivity index (χ0n) is 21.7. The highest BCUT2D eigenvalue weighted by molar-refractivity contribution is 5.95. The van der Waals surface area contributed by atoms with E-state index in [0.717, 1.165) is 23.9 Å². The molecule has 2 aliphatic rings. The molecule has 1 aliphatic heterocycles. The van der Waals surface area contributed by atoms with Crippen LogP contribution in [-0.4, -0.2) is 52.1 Å². The molecule has 1 fully saturated rings. The first-order valence-electron chi connectivity index (χ1n) is 12.9. The predicted molar refractivity (Wildman–Crippen MR) is 138 cm³/mol. The van der Waals surface area contributed by atoms with Crippen molar-refractivity contribution in [2.24, 2.45) is 5.92 Å². The van der Waals surface area contributed by atoms with Gasteiger partial charge in [0.25, 0.3) is 0 Å². The quantitative estimate of drug-likeness (QED) is 0.482. The highest BCUT2D eigenvalue weighted by Gasteiger charge is 2.36. The second kappa shape index (κ2) is 10.2. The average molecular weight is 526 g/mol. The number of benzene rings is 2. The van der Waals surface area contributed by atoms with Crippen LogP contribution in [0.5, 0.6) is 5.75 Å². The molecule has 38 heavy (non-hydrogen) atoms. The van der Waals surface area contributed by atoms with Crippen LogP contribution >= 0.6 is 0 Å². The summed E-state index contributed by atoms with van der Waals surface area (Å²) in [5.41, 5.74) is 3.15. The van der Waals surface area contributed by atoms with Gasteiger partial charge in [0, 0.05) is 23.2 Å². The number of carboxylic acid groups (broad SMARTS) is 1. The van der Waals surface area contributed by atoms with Crippen LogP contribution in [0.2, 0.25) is 0 Å². The Labute approximate surface area is 219 Å². The number of carboxylic acids is 1. The van der Waals surface area contributed by atoms with Crippen molar-refractivity contribution in [3.05, 3.63) is 53.1 Å². The van der Waals surface area contributed by atoms with E-state index in [1.165, 1.54) is 32.4 Å². The van der Waals surface area contributed by atoms with Gasteiger partial charge in [-0.1, -0.05) is 6.42 Å². The van der Waals surface area contributed by atoms with Crippen LogP contribution in [0.25, 0.3) is 11.0 Å². The van der Waals surface area contributed by atoms with Crippen molar-refractivity contribution in [3.63, 3.8) is 0 Å². The third kappa shape index (κ3) is 4.36. The van der Waals surface area contributed by atoms with Crippen LogP contribution in [0.1, 0.15) is 68.1 Å². The van der Waals surface area contributed by atoms with Gasteiger partial charge in [-0.25, -0.2) is 14.2 Å². The number of amides is 1. The van der Waals surface area contributed by atoms with Gasteiger partial charge in [0.15, 0.2) is 0 Å². The number of aliphatic hydroxyl groups excluding tert-OH is 1. The molecule has 9 nitrogen and oxygen atoms in total. The fourth-order valence-corrected chi connectivity index (χ4v) is 6.05. The van der Waals surface area contributed by atoms with E-state index in [-0.39, 0.29) is 23.5 Å². The lowest BCUT2D eigenvalue weighted by atomic mass is 9.85. The number of hydrogen-bond donors (Lipinski definition) is 2. The Bertz CT molecular complexity index is 1390. The topological polar surface area (TPSA) is 114 Å². The Morgan fingerprint density at radius 2 is 1.95 bits per heavy atom. The zero-order valence-corrected chi connectivity index (χ0v) is 21.7. The number of anilines is 1. The van der Waals surface area contributed by atoms with E-state index in [9.17, 15) is 24.2 Å².